The normalized spacial score (nSPS) is 18.7. The van der Waals surface area contributed by atoms with Gasteiger partial charge in [0, 0.05) is 0 Å². The number of alkyl halides is 3. The van der Waals surface area contributed by atoms with Crippen molar-refractivity contribution in [1.82, 2.24) is 14.9 Å². The van der Waals surface area contributed by atoms with Gasteiger partial charge in [0.25, 0.3) is 0 Å². The number of hydrogen-bond donors (Lipinski definition) is 1. The highest BCUT2D eigenvalue weighted by Gasteiger charge is 2.44. The van der Waals surface area contributed by atoms with Crippen molar-refractivity contribution < 1.29 is 36.7 Å². The van der Waals surface area contributed by atoms with Gasteiger partial charge < -0.3 is 14.4 Å². The van der Waals surface area contributed by atoms with Gasteiger partial charge in [0.05, 0.1) is 41.6 Å². The highest BCUT2D eigenvalue weighted by Crippen LogP contribution is 2.45. The van der Waals surface area contributed by atoms with Gasteiger partial charge in [-0.25, -0.2) is 9.18 Å². The first-order valence-electron chi connectivity index (χ1n) is 8.99. The Morgan fingerprint density at radius 1 is 1.35 bits per heavy atom. The molecule has 4 rings (SSSR count). The first kappa shape index (κ1) is 21.3. The van der Waals surface area contributed by atoms with E-state index in [2.05, 4.69) is 15.0 Å². The van der Waals surface area contributed by atoms with Crippen molar-refractivity contribution in [2.75, 3.05) is 7.11 Å². The van der Waals surface area contributed by atoms with Crippen molar-refractivity contribution in [3.63, 3.8) is 0 Å². The molecule has 0 atom stereocenters. The SMILES string of the molecule is COC(=O)c1c(-c2c(F)cccc2Cl)noc1-c1cnn(C2CC(O)C2)c1C(F)(F)F. The number of esters is 1. The largest absolute Gasteiger partial charge is 0.465 e. The summed E-state index contributed by atoms with van der Waals surface area (Å²) in [7, 11) is 1.01. The summed E-state index contributed by atoms with van der Waals surface area (Å²) in [6, 6.07) is 3.03. The Morgan fingerprint density at radius 2 is 2.06 bits per heavy atom. The number of aliphatic hydroxyl groups excluding tert-OH is 1. The monoisotopic (exact) mass is 459 g/mol. The zero-order chi connectivity index (χ0) is 22.5. The second-order valence-corrected chi connectivity index (χ2v) is 7.36. The Labute approximate surface area is 177 Å². The van der Waals surface area contributed by atoms with Crippen LogP contribution in [0.5, 0.6) is 0 Å². The van der Waals surface area contributed by atoms with Crippen LogP contribution in [0.25, 0.3) is 22.6 Å². The molecule has 7 nitrogen and oxygen atoms in total. The summed E-state index contributed by atoms with van der Waals surface area (Å²) in [6.45, 7) is 0. The smallest absolute Gasteiger partial charge is 0.433 e. The van der Waals surface area contributed by atoms with Crippen LogP contribution in [-0.4, -0.2) is 39.2 Å². The molecular weight excluding hydrogens is 446 g/mol. The van der Waals surface area contributed by atoms with E-state index in [1.807, 2.05) is 0 Å². The van der Waals surface area contributed by atoms with E-state index in [0.29, 0.717) is 0 Å². The van der Waals surface area contributed by atoms with Gasteiger partial charge in [0.2, 0.25) is 0 Å². The van der Waals surface area contributed by atoms with Gasteiger partial charge in [-0.15, -0.1) is 0 Å². The lowest BCUT2D eigenvalue weighted by Crippen LogP contribution is -2.33. The lowest BCUT2D eigenvalue weighted by Gasteiger charge is -2.33. The molecule has 1 fully saturated rings. The quantitative estimate of drug-likeness (QED) is 0.456. The molecule has 1 aliphatic rings. The topological polar surface area (TPSA) is 90.4 Å². The number of halogens is 5. The van der Waals surface area contributed by atoms with Crippen LogP contribution in [0.2, 0.25) is 5.02 Å². The first-order valence-corrected chi connectivity index (χ1v) is 9.36. The van der Waals surface area contributed by atoms with E-state index < -0.39 is 58.4 Å². The molecule has 0 saturated heterocycles. The maximum absolute atomic E-state index is 14.4. The molecule has 164 valence electrons. The number of rotatable bonds is 4. The van der Waals surface area contributed by atoms with E-state index in [4.69, 9.17) is 16.1 Å². The number of benzene rings is 1. The third kappa shape index (κ3) is 3.57. The average molecular weight is 460 g/mol. The van der Waals surface area contributed by atoms with Crippen molar-refractivity contribution in [3.05, 3.63) is 46.5 Å². The molecule has 12 heteroatoms. The number of methoxy groups -OCH3 is 1. The van der Waals surface area contributed by atoms with E-state index in [1.165, 1.54) is 12.1 Å². The molecule has 1 N–H and O–H groups in total. The van der Waals surface area contributed by atoms with E-state index in [-0.39, 0.29) is 23.4 Å². The minimum absolute atomic E-state index is 0.0978. The minimum atomic E-state index is -4.87. The number of ether oxygens (including phenoxy) is 1. The van der Waals surface area contributed by atoms with Gasteiger partial charge in [0.15, 0.2) is 11.5 Å². The Bertz CT molecular complexity index is 1130. The number of aliphatic hydroxyl groups is 1. The first-order chi connectivity index (χ1) is 14.6. The summed E-state index contributed by atoms with van der Waals surface area (Å²) < 4.78 is 66.7. The summed E-state index contributed by atoms with van der Waals surface area (Å²) >= 11 is 6.03. The highest BCUT2D eigenvalue weighted by molar-refractivity contribution is 6.33. The van der Waals surface area contributed by atoms with Crippen molar-refractivity contribution in [1.29, 1.82) is 0 Å². The van der Waals surface area contributed by atoms with Crippen LogP contribution in [0.4, 0.5) is 17.6 Å². The molecule has 0 radical (unpaired) electrons. The van der Waals surface area contributed by atoms with Crippen LogP contribution in [-0.2, 0) is 10.9 Å². The number of carbonyl (C=O) groups is 1. The molecule has 1 aliphatic carbocycles. The molecule has 0 spiro atoms. The Morgan fingerprint density at radius 3 is 2.65 bits per heavy atom. The maximum Gasteiger partial charge on any atom is 0.433 e. The second kappa shape index (κ2) is 7.65. The van der Waals surface area contributed by atoms with E-state index in [1.54, 1.807) is 0 Å². The van der Waals surface area contributed by atoms with Gasteiger partial charge in [0.1, 0.15) is 17.1 Å². The zero-order valence-corrected chi connectivity index (χ0v) is 16.5. The molecule has 0 amide bonds. The van der Waals surface area contributed by atoms with Gasteiger partial charge in [-0.2, -0.15) is 18.3 Å². The lowest BCUT2D eigenvalue weighted by molar-refractivity contribution is -0.146. The standard InChI is InChI=1S/C19H14ClF4N3O4/c1-30-18(29)14-15(13-11(20)3-2-4-12(13)21)26-31-16(14)10-7-25-27(8-5-9(28)6-8)17(10)19(22,23)24/h2-4,7-9,28H,5-6H2,1H3. The molecule has 0 aliphatic heterocycles. The highest BCUT2D eigenvalue weighted by atomic mass is 35.5. The molecule has 2 aromatic heterocycles. The Kier molecular flexibility index (Phi) is 5.26. The molecular formula is C19H14ClF4N3O4. The third-order valence-corrected chi connectivity index (χ3v) is 5.34. The van der Waals surface area contributed by atoms with Crippen LogP contribution >= 0.6 is 11.6 Å². The van der Waals surface area contributed by atoms with Crippen molar-refractivity contribution in [2.24, 2.45) is 0 Å². The van der Waals surface area contributed by atoms with Gasteiger partial charge in [-0.1, -0.05) is 22.8 Å². The average Bonchev–Trinajstić information content (AvgIpc) is 3.28. The van der Waals surface area contributed by atoms with Crippen molar-refractivity contribution in [2.45, 2.75) is 31.2 Å². The number of aromatic nitrogens is 3. The second-order valence-electron chi connectivity index (χ2n) is 6.95. The molecule has 0 unspecified atom stereocenters. The summed E-state index contributed by atoms with van der Waals surface area (Å²) in [4.78, 5) is 12.5. The fraction of sp³-hybridized carbons (Fsp3) is 0.316. The third-order valence-electron chi connectivity index (χ3n) is 5.02. The number of hydrogen-bond acceptors (Lipinski definition) is 6. The van der Waals surface area contributed by atoms with Crippen LogP contribution < -0.4 is 0 Å². The lowest BCUT2D eigenvalue weighted by atomic mass is 9.89. The molecule has 0 bridgehead atoms. The minimum Gasteiger partial charge on any atom is -0.465 e. The van der Waals surface area contributed by atoms with E-state index >= 15 is 0 Å². The summed E-state index contributed by atoms with van der Waals surface area (Å²) in [6.07, 6.45) is -4.51. The van der Waals surface area contributed by atoms with Crippen molar-refractivity contribution >= 4 is 17.6 Å². The molecule has 31 heavy (non-hydrogen) atoms. The van der Waals surface area contributed by atoms with E-state index in [0.717, 1.165) is 24.1 Å². The predicted octanol–water partition coefficient (Wildman–Crippen LogP) is 4.50. The zero-order valence-electron chi connectivity index (χ0n) is 15.8. The molecule has 1 aromatic carbocycles. The van der Waals surface area contributed by atoms with Crippen LogP contribution in [0, 0.1) is 5.82 Å². The summed E-state index contributed by atoms with van der Waals surface area (Å²) in [5.74, 6) is -2.53. The van der Waals surface area contributed by atoms with Crippen LogP contribution in [0.3, 0.4) is 0 Å². The number of nitrogens with zero attached hydrogens (tertiary/aromatic N) is 3. The van der Waals surface area contributed by atoms with Crippen molar-refractivity contribution in [3.8, 4) is 22.6 Å². The fourth-order valence-corrected chi connectivity index (χ4v) is 3.76. The maximum atomic E-state index is 14.4. The summed E-state index contributed by atoms with van der Waals surface area (Å²) in [5, 5.41) is 16.8. The molecule has 3 aromatic rings. The predicted molar refractivity (Wildman–Crippen MR) is 98.7 cm³/mol. The van der Waals surface area contributed by atoms with Crippen LogP contribution in [0.1, 0.15) is 34.9 Å². The Hall–Kier alpha value is -2.92. The Balaban J connectivity index is 1.94. The number of carbonyl (C=O) groups excluding carboxylic acids is 1. The van der Waals surface area contributed by atoms with E-state index in [9.17, 15) is 27.5 Å². The van der Waals surface area contributed by atoms with Gasteiger partial charge in [-0.05, 0) is 25.0 Å². The summed E-state index contributed by atoms with van der Waals surface area (Å²) in [5.41, 5.74) is -2.99. The van der Waals surface area contributed by atoms with Gasteiger partial charge >= 0.3 is 12.1 Å². The molecule has 1 saturated carbocycles. The van der Waals surface area contributed by atoms with Crippen LogP contribution in [0.15, 0.2) is 28.9 Å². The molecule has 2 heterocycles. The van der Waals surface area contributed by atoms with Gasteiger partial charge in [-0.3, -0.25) is 4.68 Å². The fourth-order valence-electron chi connectivity index (χ4n) is 3.51.